The first-order valence-corrected chi connectivity index (χ1v) is 3.51. The van der Waals surface area contributed by atoms with E-state index in [9.17, 15) is 8.78 Å². The van der Waals surface area contributed by atoms with Gasteiger partial charge < -0.3 is 9.67 Å². The Labute approximate surface area is 72.6 Å². The number of aryl methyl sites for hydroxylation is 1. The summed E-state index contributed by atoms with van der Waals surface area (Å²) in [4.78, 5) is 3.53. The average Bonchev–Trinajstić information content (AvgIpc) is 2.32. The van der Waals surface area contributed by atoms with Crippen molar-refractivity contribution in [2.45, 2.75) is 11.5 Å². The van der Waals surface area contributed by atoms with Gasteiger partial charge in [0.05, 0.1) is 12.0 Å². The van der Waals surface area contributed by atoms with Gasteiger partial charge in [-0.3, -0.25) is 0 Å². The van der Waals surface area contributed by atoms with Gasteiger partial charge >= 0.3 is 5.38 Å². The lowest BCUT2D eigenvalue weighted by atomic mass is 10.3. The maximum Gasteiger partial charge on any atom is 0.352 e. The largest absolute Gasteiger partial charge is 0.379 e. The molecule has 0 spiro atoms. The van der Waals surface area contributed by atoms with Crippen LogP contribution in [0, 0.1) is 0 Å². The number of aliphatic hydroxyl groups excluding tert-OH is 1. The second-order valence-corrected chi connectivity index (χ2v) is 2.91. The van der Waals surface area contributed by atoms with Crippen molar-refractivity contribution in [2.24, 2.45) is 7.05 Å². The highest BCUT2D eigenvalue weighted by atomic mass is 35.5. The van der Waals surface area contributed by atoms with Crippen LogP contribution in [0.3, 0.4) is 0 Å². The summed E-state index contributed by atoms with van der Waals surface area (Å²) < 4.78 is 26.0. The Morgan fingerprint density at radius 1 is 1.75 bits per heavy atom. The molecule has 6 heteroatoms. The first kappa shape index (κ1) is 9.41. The molecule has 3 nitrogen and oxygen atoms in total. The minimum absolute atomic E-state index is 0.141. The number of aliphatic hydroxyl groups is 1. The molecule has 0 aromatic carbocycles. The molecule has 0 aliphatic carbocycles. The van der Waals surface area contributed by atoms with Gasteiger partial charge in [-0.05, 0) is 11.6 Å². The summed E-state index contributed by atoms with van der Waals surface area (Å²) in [7, 11) is 1.61. The molecule has 1 rings (SSSR count). The van der Waals surface area contributed by atoms with Crippen LogP contribution in [0.1, 0.15) is 11.8 Å². The monoisotopic (exact) mass is 196 g/mol. The highest BCUT2D eigenvalue weighted by Gasteiger charge is 2.38. The van der Waals surface area contributed by atoms with Crippen LogP contribution in [0.25, 0.3) is 0 Å². The van der Waals surface area contributed by atoms with Gasteiger partial charge in [0.25, 0.3) is 0 Å². The molecule has 1 unspecified atom stereocenters. The molecule has 0 aliphatic rings. The predicted molar refractivity (Wildman–Crippen MR) is 39.0 cm³/mol. The number of hydrogen-bond acceptors (Lipinski definition) is 2. The van der Waals surface area contributed by atoms with Gasteiger partial charge in [0, 0.05) is 13.2 Å². The zero-order valence-electron chi connectivity index (χ0n) is 6.21. The van der Waals surface area contributed by atoms with Crippen molar-refractivity contribution in [1.82, 2.24) is 9.55 Å². The SMILES string of the molecule is Cn1cnc(C(O)C(F)(F)Cl)c1. The van der Waals surface area contributed by atoms with E-state index in [2.05, 4.69) is 16.6 Å². The molecule has 0 fully saturated rings. The molecule has 12 heavy (non-hydrogen) atoms. The fourth-order valence-electron chi connectivity index (χ4n) is 0.742. The first-order valence-electron chi connectivity index (χ1n) is 3.14. The van der Waals surface area contributed by atoms with E-state index in [1.54, 1.807) is 7.05 Å². The molecule has 0 bridgehead atoms. The smallest absolute Gasteiger partial charge is 0.352 e. The van der Waals surface area contributed by atoms with Gasteiger partial charge in [-0.25, -0.2) is 4.98 Å². The van der Waals surface area contributed by atoms with Crippen LogP contribution in [-0.4, -0.2) is 20.0 Å². The Morgan fingerprint density at radius 2 is 2.33 bits per heavy atom. The fraction of sp³-hybridized carbons (Fsp3) is 0.500. The van der Waals surface area contributed by atoms with Crippen LogP contribution in [0.4, 0.5) is 8.78 Å². The van der Waals surface area contributed by atoms with E-state index in [1.807, 2.05) is 0 Å². The fourth-order valence-corrected chi connectivity index (χ4v) is 0.854. The van der Waals surface area contributed by atoms with E-state index in [1.165, 1.54) is 17.1 Å². The number of aromatic nitrogens is 2. The minimum atomic E-state index is -3.67. The van der Waals surface area contributed by atoms with Crippen LogP contribution >= 0.6 is 11.6 Å². The third-order valence-corrected chi connectivity index (χ3v) is 1.52. The second kappa shape index (κ2) is 2.99. The lowest BCUT2D eigenvalue weighted by Gasteiger charge is -2.12. The quantitative estimate of drug-likeness (QED) is 0.724. The van der Waals surface area contributed by atoms with Crippen molar-refractivity contribution in [2.75, 3.05) is 0 Å². The molecule has 0 amide bonds. The normalized spacial score (nSPS) is 14.8. The summed E-state index contributed by atoms with van der Waals surface area (Å²) in [6.45, 7) is 0. The second-order valence-electron chi connectivity index (χ2n) is 2.41. The van der Waals surface area contributed by atoms with Gasteiger partial charge in [0.2, 0.25) is 0 Å². The highest BCUT2D eigenvalue weighted by molar-refractivity contribution is 6.22. The lowest BCUT2D eigenvalue weighted by molar-refractivity contribution is -0.0444. The average molecular weight is 197 g/mol. The zero-order chi connectivity index (χ0) is 9.35. The van der Waals surface area contributed by atoms with Gasteiger partial charge in [-0.1, -0.05) is 0 Å². The van der Waals surface area contributed by atoms with Crippen molar-refractivity contribution in [3.05, 3.63) is 18.2 Å². The molecule has 0 saturated carbocycles. The molecule has 1 N–H and O–H groups in total. The minimum Gasteiger partial charge on any atom is -0.379 e. The standard InChI is InChI=1S/C6H7ClF2N2O/c1-11-2-4(10-3-11)5(12)6(7,8)9/h2-3,5,12H,1H3. The van der Waals surface area contributed by atoms with E-state index in [-0.39, 0.29) is 5.69 Å². The third kappa shape index (κ3) is 1.92. The Kier molecular flexibility index (Phi) is 2.34. The van der Waals surface area contributed by atoms with Crippen molar-refractivity contribution in [1.29, 1.82) is 0 Å². The van der Waals surface area contributed by atoms with Gasteiger partial charge in [0.1, 0.15) is 0 Å². The van der Waals surface area contributed by atoms with Gasteiger partial charge in [-0.2, -0.15) is 8.78 Å². The van der Waals surface area contributed by atoms with Crippen LogP contribution in [0.15, 0.2) is 12.5 Å². The van der Waals surface area contributed by atoms with Crippen LogP contribution < -0.4 is 0 Å². The summed E-state index contributed by atoms with van der Waals surface area (Å²) in [5, 5.41) is 5.24. The Morgan fingerprint density at radius 3 is 2.67 bits per heavy atom. The summed E-state index contributed by atoms with van der Waals surface area (Å²) in [6, 6.07) is 0. The van der Waals surface area contributed by atoms with E-state index in [0.717, 1.165) is 0 Å². The van der Waals surface area contributed by atoms with Crippen molar-refractivity contribution >= 4 is 11.6 Å². The number of rotatable bonds is 2. The summed E-state index contributed by atoms with van der Waals surface area (Å²) in [5.74, 6) is 0. The number of alkyl halides is 3. The maximum absolute atomic E-state index is 12.3. The molecule has 68 valence electrons. The highest BCUT2D eigenvalue weighted by Crippen LogP contribution is 2.33. The van der Waals surface area contributed by atoms with Crippen LogP contribution in [0.2, 0.25) is 0 Å². The number of hydrogen-bond donors (Lipinski definition) is 1. The molecule has 1 heterocycles. The zero-order valence-corrected chi connectivity index (χ0v) is 6.96. The molecule has 0 radical (unpaired) electrons. The van der Waals surface area contributed by atoms with Crippen LogP contribution in [0.5, 0.6) is 0 Å². The van der Waals surface area contributed by atoms with E-state index >= 15 is 0 Å². The third-order valence-electron chi connectivity index (χ3n) is 1.32. The molecule has 0 aliphatic heterocycles. The predicted octanol–water partition coefficient (Wildman–Crippen LogP) is 1.29. The Bertz CT molecular complexity index is 271. The van der Waals surface area contributed by atoms with E-state index in [0.29, 0.717) is 0 Å². The number of imidazole rings is 1. The number of halogens is 3. The van der Waals surface area contributed by atoms with Gasteiger partial charge in [0.15, 0.2) is 6.10 Å². The summed E-state index contributed by atoms with van der Waals surface area (Å²) in [5.41, 5.74) is -0.141. The van der Waals surface area contributed by atoms with E-state index < -0.39 is 11.5 Å². The first-order chi connectivity index (χ1) is 5.41. The molecule has 1 atom stereocenters. The van der Waals surface area contributed by atoms with Crippen molar-refractivity contribution in [3.8, 4) is 0 Å². The molecule has 1 aromatic heterocycles. The van der Waals surface area contributed by atoms with Gasteiger partial charge in [-0.15, -0.1) is 0 Å². The topological polar surface area (TPSA) is 38.0 Å². The Balaban J connectivity index is 2.85. The molecular formula is C6H7ClF2N2O. The van der Waals surface area contributed by atoms with Crippen molar-refractivity contribution in [3.63, 3.8) is 0 Å². The lowest BCUT2D eigenvalue weighted by Crippen LogP contribution is -2.19. The maximum atomic E-state index is 12.3. The molecule has 0 saturated heterocycles. The Hall–Kier alpha value is -0.680. The van der Waals surface area contributed by atoms with Crippen molar-refractivity contribution < 1.29 is 13.9 Å². The summed E-state index contributed by atoms with van der Waals surface area (Å²) >= 11 is 4.59. The molecule has 1 aromatic rings. The van der Waals surface area contributed by atoms with E-state index in [4.69, 9.17) is 5.11 Å². The number of nitrogens with zero attached hydrogens (tertiary/aromatic N) is 2. The summed E-state index contributed by atoms with van der Waals surface area (Å²) in [6.07, 6.45) is 0.530. The molecular weight excluding hydrogens is 190 g/mol. The van der Waals surface area contributed by atoms with Crippen LogP contribution in [-0.2, 0) is 7.05 Å².